The number of carbonyl (C=O) groups is 1. The second kappa shape index (κ2) is 8.14. The molecule has 2 aromatic rings. The molecule has 1 N–H and O–H groups in total. The lowest BCUT2D eigenvalue weighted by Gasteiger charge is -2.37. The maximum Gasteiger partial charge on any atom is 0.261 e. The minimum Gasteiger partial charge on any atom is -0.347 e. The SMILES string of the molecule is O=C(c1ccc(Cl)c(NS(=O)(=O)c2ccc(F)cc2)c1)N1CCC2(CC1)OCCO2. The number of ether oxygens (including phenoxy) is 2. The summed E-state index contributed by atoms with van der Waals surface area (Å²) in [7, 11) is -3.99. The quantitative estimate of drug-likeness (QED) is 0.766. The van der Waals surface area contributed by atoms with Gasteiger partial charge in [0, 0.05) is 31.5 Å². The van der Waals surface area contributed by atoms with Crippen LogP contribution in [0.5, 0.6) is 0 Å². The highest BCUT2D eigenvalue weighted by Gasteiger charge is 2.40. The molecule has 0 unspecified atom stereocenters. The number of rotatable bonds is 4. The van der Waals surface area contributed by atoms with Crippen molar-refractivity contribution >= 4 is 33.2 Å². The third kappa shape index (κ3) is 4.29. The predicted molar refractivity (Wildman–Crippen MR) is 108 cm³/mol. The smallest absolute Gasteiger partial charge is 0.261 e. The van der Waals surface area contributed by atoms with Crippen LogP contribution in [0, 0.1) is 5.82 Å². The molecule has 0 radical (unpaired) electrons. The van der Waals surface area contributed by atoms with Crippen molar-refractivity contribution in [1.29, 1.82) is 0 Å². The summed E-state index contributed by atoms with van der Waals surface area (Å²) in [5, 5.41) is 0.141. The van der Waals surface area contributed by atoms with E-state index in [1.54, 1.807) is 11.0 Å². The highest BCUT2D eigenvalue weighted by Crippen LogP contribution is 2.32. The Kier molecular flexibility index (Phi) is 5.71. The Hall–Kier alpha value is -2.20. The number of sulfonamides is 1. The standard InChI is InChI=1S/C20H20ClFN2O5S/c21-17-6-1-14(19(25)24-9-7-20(8-10-24)28-11-12-29-20)13-18(17)23-30(26,27)16-4-2-15(22)3-5-16/h1-6,13,23H,7-12H2. The van der Waals surface area contributed by atoms with E-state index in [-0.39, 0.29) is 21.5 Å². The van der Waals surface area contributed by atoms with Crippen LogP contribution in [0.25, 0.3) is 0 Å². The van der Waals surface area contributed by atoms with Crippen molar-refractivity contribution in [3.05, 3.63) is 58.9 Å². The van der Waals surface area contributed by atoms with Gasteiger partial charge in [-0.25, -0.2) is 12.8 Å². The molecule has 4 rings (SSSR count). The zero-order valence-corrected chi connectivity index (χ0v) is 17.5. The van der Waals surface area contributed by atoms with Crippen LogP contribution in [-0.2, 0) is 19.5 Å². The fourth-order valence-electron chi connectivity index (χ4n) is 3.57. The van der Waals surface area contributed by atoms with Gasteiger partial charge >= 0.3 is 0 Å². The second-order valence-electron chi connectivity index (χ2n) is 7.15. The van der Waals surface area contributed by atoms with E-state index in [1.165, 1.54) is 12.1 Å². The van der Waals surface area contributed by atoms with Gasteiger partial charge in [0.2, 0.25) is 0 Å². The molecule has 0 aliphatic carbocycles. The van der Waals surface area contributed by atoms with Crippen LogP contribution >= 0.6 is 11.6 Å². The number of hydrogen-bond acceptors (Lipinski definition) is 5. The predicted octanol–water partition coefficient (Wildman–Crippen LogP) is 3.26. The molecular weight excluding hydrogens is 435 g/mol. The molecule has 1 spiro atoms. The maximum absolute atomic E-state index is 13.1. The van der Waals surface area contributed by atoms with E-state index in [9.17, 15) is 17.6 Å². The number of anilines is 1. The van der Waals surface area contributed by atoms with Gasteiger partial charge in [0.1, 0.15) is 5.82 Å². The highest BCUT2D eigenvalue weighted by atomic mass is 35.5. The van der Waals surface area contributed by atoms with Crippen LogP contribution in [0.3, 0.4) is 0 Å². The highest BCUT2D eigenvalue weighted by molar-refractivity contribution is 7.92. The molecule has 2 fully saturated rings. The van der Waals surface area contributed by atoms with E-state index >= 15 is 0 Å². The van der Waals surface area contributed by atoms with Crippen molar-refractivity contribution in [2.24, 2.45) is 0 Å². The van der Waals surface area contributed by atoms with Gasteiger partial charge in [0.25, 0.3) is 15.9 Å². The molecule has 7 nitrogen and oxygen atoms in total. The summed E-state index contributed by atoms with van der Waals surface area (Å²) in [4.78, 5) is 14.5. The minimum absolute atomic E-state index is 0.0720. The fraction of sp³-hybridized carbons (Fsp3) is 0.350. The number of carbonyl (C=O) groups excluding carboxylic acids is 1. The van der Waals surface area contributed by atoms with Crippen LogP contribution in [0.1, 0.15) is 23.2 Å². The van der Waals surface area contributed by atoms with E-state index < -0.39 is 21.6 Å². The average molecular weight is 455 g/mol. The Labute approximate surface area is 178 Å². The lowest BCUT2D eigenvalue weighted by molar-refractivity contribution is -0.181. The number of halogens is 2. The molecule has 10 heteroatoms. The van der Waals surface area contributed by atoms with Gasteiger partial charge < -0.3 is 14.4 Å². The zero-order valence-electron chi connectivity index (χ0n) is 15.9. The summed E-state index contributed by atoms with van der Waals surface area (Å²) in [5.41, 5.74) is 0.378. The maximum atomic E-state index is 13.1. The molecule has 30 heavy (non-hydrogen) atoms. The number of nitrogens with zero attached hydrogens (tertiary/aromatic N) is 1. The Bertz CT molecular complexity index is 1050. The minimum atomic E-state index is -3.99. The number of piperidine rings is 1. The first-order valence-corrected chi connectivity index (χ1v) is 11.3. The number of hydrogen-bond donors (Lipinski definition) is 1. The Morgan fingerprint density at radius 3 is 2.33 bits per heavy atom. The molecular formula is C20H20ClFN2O5S. The van der Waals surface area contributed by atoms with Crippen molar-refractivity contribution in [3.63, 3.8) is 0 Å². The molecule has 0 bridgehead atoms. The van der Waals surface area contributed by atoms with E-state index in [0.717, 1.165) is 24.3 Å². The Morgan fingerprint density at radius 1 is 1.07 bits per heavy atom. The number of amides is 1. The van der Waals surface area contributed by atoms with Crippen LogP contribution in [-0.4, -0.2) is 51.3 Å². The number of benzene rings is 2. The third-order valence-corrected chi connectivity index (χ3v) is 6.92. The normalized spacial score (nSPS) is 18.5. The van der Waals surface area contributed by atoms with Gasteiger partial charge in [-0.1, -0.05) is 11.6 Å². The van der Waals surface area contributed by atoms with Gasteiger partial charge in [-0.15, -0.1) is 0 Å². The topological polar surface area (TPSA) is 84.9 Å². The van der Waals surface area contributed by atoms with Crippen LogP contribution in [0.4, 0.5) is 10.1 Å². The molecule has 2 heterocycles. The van der Waals surface area contributed by atoms with Crippen molar-refractivity contribution in [2.75, 3.05) is 31.0 Å². The van der Waals surface area contributed by atoms with Crippen LogP contribution < -0.4 is 4.72 Å². The molecule has 2 aromatic carbocycles. The third-order valence-electron chi connectivity index (χ3n) is 5.21. The first-order chi connectivity index (χ1) is 14.3. The van der Waals surface area contributed by atoms with Crippen molar-refractivity contribution in [3.8, 4) is 0 Å². The van der Waals surface area contributed by atoms with Gasteiger partial charge in [0.05, 0.1) is 28.8 Å². The Morgan fingerprint density at radius 2 is 1.70 bits per heavy atom. The van der Waals surface area contributed by atoms with Crippen molar-refractivity contribution < 1.29 is 27.1 Å². The number of nitrogens with one attached hydrogen (secondary N) is 1. The molecule has 2 aliphatic heterocycles. The zero-order chi connectivity index (χ0) is 21.4. The van der Waals surface area contributed by atoms with Gasteiger partial charge in [-0.3, -0.25) is 9.52 Å². The molecule has 0 saturated carbocycles. The van der Waals surface area contributed by atoms with Gasteiger partial charge in [-0.2, -0.15) is 0 Å². The summed E-state index contributed by atoms with van der Waals surface area (Å²) in [6, 6.07) is 8.82. The first-order valence-electron chi connectivity index (χ1n) is 9.43. The molecule has 2 saturated heterocycles. The largest absolute Gasteiger partial charge is 0.347 e. The summed E-state index contributed by atoms with van der Waals surface area (Å²) in [6.07, 6.45) is 1.16. The summed E-state index contributed by atoms with van der Waals surface area (Å²) >= 11 is 6.14. The van der Waals surface area contributed by atoms with Gasteiger partial charge in [-0.05, 0) is 42.5 Å². The molecule has 0 atom stereocenters. The second-order valence-corrected chi connectivity index (χ2v) is 9.24. The van der Waals surface area contributed by atoms with Crippen molar-refractivity contribution in [2.45, 2.75) is 23.5 Å². The Balaban J connectivity index is 1.50. The van der Waals surface area contributed by atoms with Crippen LogP contribution in [0.15, 0.2) is 47.4 Å². The molecule has 160 valence electrons. The fourth-order valence-corrected chi connectivity index (χ4v) is 4.86. The molecule has 1 amide bonds. The summed E-state index contributed by atoms with van der Waals surface area (Å²) in [5.74, 6) is -1.37. The average Bonchev–Trinajstić information content (AvgIpc) is 3.18. The lowest BCUT2D eigenvalue weighted by atomic mass is 10.0. The molecule has 2 aliphatic rings. The van der Waals surface area contributed by atoms with Crippen LogP contribution in [0.2, 0.25) is 5.02 Å². The number of likely N-dealkylation sites (tertiary alicyclic amines) is 1. The summed E-state index contributed by atoms with van der Waals surface area (Å²) < 4.78 is 52.0. The van der Waals surface area contributed by atoms with E-state index in [2.05, 4.69) is 4.72 Å². The van der Waals surface area contributed by atoms with Gasteiger partial charge in [0.15, 0.2) is 5.79 Å². The first kappa shape index (κ1) is 21.0. The van der Waals surface area contributed by atoms with Crippen molar-refractivity contribution in [1.82, 2.24) is 4.90 Å². The van der Waals surface area contributed by atoms with E-state index in [0.29, 0.717) is 44.7 Å². The lowest BCUT2D eigenvalue weighted by Crippen LogP contribution is -2.47. The molecule has 0 aromatic heterocycles. The summed E-state index contributed by atoms with van der Waals surface area (Å²) in [6.45, 7) is 2.06. The van der Waals surface area contributed by atoms with E-state index in [1.807, 2.05) is 0 Å². The monoisotopic (exact) mass is 454 g/mol. The van der Waals surface area contributed by atoms with E-state index in [4.69, 9.17) is 21.1 Å².